The fourth-order valence-electron chi connectivity index (χ4n) is 4.38. The van der Waals surface area contributed by atoms with Gasteiger partial charge in [0, 0.05) is 12.8 Å². The SMILES string of the molecule is C=CCC[C@H](CC[C@@H](C)CCCC(=O)O)C(=C)C.C=CCC[C@H](CC[C@@H](C)CCCC(=O)O)C(=C)C. The molecular formula is C32H56O4. The van der Waals surface area contributed by atoms with Crippen molar-refractivity contribution in [3.63, 3.8) is 0 Å². The van der Waals surface area contributed by atoms with Crippen LogP contribution in [0.4, 0.5) is 0 Å². The molecule has 0 radical (unpaired) electrons. The van der Waals surface area contributed by atoms with Crippen LogP contribution in [0, 0.1) is 23.7 Å². The van der Waals surface area contributed by atoms with Crippen LogP contribution >= 0.6 is 0 Å². The highest BCUT2D eigenvalue weighted by molar-refractivity contribution is 5.66. The van der Waals surface area contributed by atoms with Crippen LogP contribution in [-0.2, 0) is 9.59 Å². The first-order valence-electron chi connectivity index (χ1n) is 13.9. The number of carbonyl (C=O) groups is 2. The molecule has 0 aromatic rings. The van der Waals surface area contributed by atoms with Gasteiger partial charge in [-0.25, -0.2) is 0 Å². The van der Waals surface area contributed by atoms with Crippen LogP contribution < -0.4 is 0 Å². The summed E-state index contributed by atoms with van der Waals surface area (Å²) in [6.45, 7) is 24.3. The summed E-state index contributed by atoms with van der Waals surface area (Å²) in [5.74, 6) is 1.01. The van der Waals surface area contributed by atoms with Crippen molar-refractivity contribution in [2.24, 2.45) is 23.7 Å². The lowest BCUT2D eigenvalue weighted by Crippen LogP contribution is -2.05. The van der Waals surface area contributed by atoms with Crippen molar-refractivity contribution in [1.29, 1.82) is 0 Å². The van der Waals surface area contributed by atoms with Gasteiger partial charge in [-0.05, 0) is 88.9 Å². The summed E-state index contributed by atoms with van der Waals surface area (Å²) < 4.78 is 0. The Morgan fingerprint density at radius 3 is 1.22 bits per heavy atom. The highest BCUT2D eigenvalue weighted by Gasteiger charge is 2.13. The standard InChI is InChI=1S/2C16H28O2/c2*1-5-6-9-15(13(2)3)12-11-14(4)8-7-10-16(17)18/h2*5,14-15H,1-2,6-12H2,3-4H3,(H,17,18)/t2*14-,15+/m00/s1. The van der Waals surface area contributed by atoms with Crippen molar-refractivity contribution in [3.8, 4) is 0 Å². The molecule has 0 rings (SSSR count). The molecule has 0 amide bonds. The van der Waals surface area contributed by atoms with Gasteiger partial charge in [-0.2, -0.15) is 0 Å². The van der Waals surface area contributed by atoms with E-state index in [9.17, 15) is 9.59 Å². The molecule has 0 heterocycles. The number of carboxylic acids is 2. The van der Waals surface area contributed by atoms with E-state index in [2.05, 4.69) is 54.0 Å². The third kappa shape index (κ3) is 23.6. The van der Waals surface area contributed by atoms with E-state index >= 15 is 0 Å². The average Bonchev–Trinajstić information content (AvgIpc) is 2.78. The van der Waals surface area contributed by atoms with Crippen LogP contribution in [0.1, 0.15) is 118 Å². The largest absolute Gasteiger partial charge is 0.481 e. The molecule has 4 heteroatoms. The number of carboxylic acid groups (broad SMARTS) is 2. The van der Waals surface area contributed by atoms with Gasteiger partial charge in [-0.15, -0.1) is 13.2 Å². The molecule has 0 unspecified atom stereocenters. The van der Waals surface area contributed by atoms with E-state index in [-0.39, 0.29) is 0 Å². The molecule has 36 heavy (non-hydrogen) atoms. The lowest BCUT2D eigenvalue weighted by Gasteiger charge is -2.19. The fraction of sp³-hybridized carbons (Fsp3) is 0.688. The molecular weight excluding hydrogens is 448 g/mol. The molecule has 0 aliphatic heterocycles. The fourth-order valence-corrected chi connectivity index (χ4v) is 4.38. The highest BCUT2D eigenvalue weighted by atomic mass is 16.4. The minimum Gasteiger partial charge on any atom is -0.481 e. The smallest absolute Gasteiger partial charge is 0.303 e. The first-order valence-corrected chi connectivity index (χ1v) is 13.9. The number of aliphatic carboxylic acids is 2. The van der Waals surface area contributed by atoms with Gasteiger partial charge in [-0.3, -0.25) is 9.59 Å². The lowest BCUT2D eigenvalue weighted by atomic mass is 9.87. The zero-order valence-corrected chi connectivity index (χ0v) is 23.9. The number of hydrogen-bond donors (Lipinski definition) is 2. The summed E-state index contributed by atoms with van der Waals surface area (Å²) in [5.41, 5.74) is 2.52. The van der Waals surface area contributed by atoms with Crippen molar-refractivity contribution in [3.05, 3.63) is 49.6 Å². The Hall–Kier alpha value is -2.10. The van der Waals surface area contributed by atoms with Crippen LogP contribution in [0.5, 0.6) is 0 Å². The van der Waals surface area contributed by atoms with E-state index in [0.29, 0.717) is 36.5 Å². The quantitative estimate of drug-likeness (QED) is 0.144. The summed E-state index contributed by atoms with van der Waals surface area (Å²) in [7, 11) is 0. The Kier molecular flexibility index (Phi) is 23.3. The summed E-state index contributed by atoms with van der Waals surface area (Å²) in [5, 5.41) is 17.2. The minimum atomic E-state index is -0.687. The zero-order chi connectivity index (χ0) is 27.9. The van der Waals surface area contributed by atoms with Gasteiger partial charge >= 0.3 is 11.9 Å². The van der Waals surface area contributed by atoms with Gasteiger partial charge in [0.2, 0.25) is 0 Å². The number of rotatable bonds is 22. The van der Waals surface area contributed by atoms with Gasteiger partial charge in [0.1, 0.15) is 0 Å². The monoisotopic (exact) mass is 504 g/mol. The Morgan fingerprint density at radius 1 is 0.639 bits per heavy atom. The first kappa shape index (κ1) is 36.1. The predicted octanol–water partition coefficient (Wildman–Crippen LogP) is 9.63. The lowest BCUT2D eigenvalue weighted by molar-refractivity contribution is -0.138. The Balaban J connectivity index is 0. The second kappa shape index (κ2) is 23.3. The molecule has 0 aromatic heterocycles. The van der Waals surface area contributed by atoms with E-state index in [1.165, 1.54) is 11.1 Å². The molecule has 0 aliphatic rings. The van der Waals surface area contributed by atoms with E-state index in [0.717, 1.165) is 77.0 Å². The van der Waals surface area contributed by atoms with Crippen LogP contribution in [-0.4, -0.2) is 22.2 Å². The molecule has 0 aromatic carbocycles. The summed E-state index contributed by atoms with van der Waals surface area (Å²) >= 11 is 0. The Bertz CT molecular complexity index is 593. The van der Waals surface area contributed by atoms with Gasteiger partial charge < -0.3 is 10.2 Å². The maximum absolute atomic E-state index is 10.4. The minimum absolute atomic E-state index is 0.296. The van der Waals surface area contributed by atoms with E-state index in [1.54, 1.807) is 0 Å². The molecule has 0 aliphatic carbocycles. The van der Waals surface area contributed by atoms with Crippen LogP contribution in [0.2, 0.25) is 0 Å². The summed E-state index contributed by atoms with van der Waals surface area (Å²) in [6.07, 6.45) is 17.2. The summed E-state index contributed by atoms with van der Waals surface area (Å²) in [6, 6.07) is 0. The van der Waals surface area contributed by atoms with Gasteiger partial charge in [0.15, 0.2) is 0 Å². The van der Waals surface area contributed by atoms with Crippen LogP contribution in [0.15, 0.2) is 49.6 Å². The number of allylic oxidation sites excluding steroid dienone is 4. The van der Waals surface area contributed by atoms with E-state index in [4.69, 9.17) is 10.2 Å². The predicted molar refractivity (Wildman–Crippen MR) is 155 cm³/mol. The maximum Gasteiger partial charge on any atom is 0.303 e. The molecule has 208 valence electrons. The van der Waals surface area contributed by atoms with E-state index < -0.39 is 11.9 Å². The maximum atomic E-state index is 10.4. The molecule has 0 saturated heterocycles. The molecule has 4 nitrogen and oxygen atoms in total. The van der Waals surface area contributed by atoms with Crippen LogP contribution in [0.25, 0.3) is 0 Å². The van der Waals surface area contributed by atoms with Crippen molar-refractivity contribution in [2.75, 3.05) is 0 Å². The van der Waals surface area contributed by atoms with Gasteiger partial charge in [0.05, 0.1) is 0 Å². The molecule has 0 spiro atoms. The molecule has 4 atom stereocenters. The third-order valence-electron chi connectivity index (χ3n) is 7.02. The van der Waals surface area contributed by atoms with Crippen molar-refractivity contribution < 1.29 is 19.8 Å². The molecule has 2 N–H and O–H groups in total. The second-order valence-corrected chi connectivity index (χ2v) is 10.8. The second-order valence-electron chi connectivity index (χ2n) is 10.8. The molecule has 0 fully saturated rings. The highest BCUT2D eigenvalue weighted by Crippen LogP contribution is 2.26. The van der Waals surface area contributed by atoms with Gasteiger partial charge in [-0.1, -0.05) is 76.0 Å². The number of hydrogen-bond acceptors (Lipinski definition) is 2. The normalized spacial score (nSPS) is 13.9. The van der Waals surface area contributed by atoms with Crippen LogP contribution in [0.3, 0.4) is 0 Å². The zero-order valence-electron chi connectivity index (χ0n) is 23.9. The Labute approximate surface area is 222 Å². The van der Waals surface area contributed by atoms with Crippen molar-refractivity contribution in [2.45, 2.75) is 118 Å². The van der Waals surface area contributed by atoms with Gasteiger partial charge in [0.25, 0.3) is 0 Å². The molecule has 0 saturated carbocycles. The molecule has 0 bridgehead atoms. The van der Waals surface area contributed by atoms with E-state index in [1.807, 2.05) is 12.2 Å². The van der Waals surface area contributed by atoms with Crippen molar-refractivity contribution >= 4 is 11.9 Å². The van der Waals surface area contributed by atoms with Crippen molar-refractivity contribution in [1.82, 2.24) is 0 Å². The summed E-state index contributed by atoms with van der Waals surface area (Å²) in [4.78, 5) is 20.9. The average molecular weight is 505 g/mol. The first-order chi connectivity index (χ1) is 16.9. The third-order valence-corrected chi connectivity index (χ3v) is 7.02. The topological polar surface area (TPSA) is 74.6 Å². The Morgan fingerprint density at radius 2 is 0.972 bits per heavy atom.